The first-order valence-corrected chi connectivity index (χ1v) is 8.95. The van der Waals surface area contributed by atoms with Crippen LogP contribution in [-0.4, -0.2) is 10.8 Å². The Morgan fingerprint density at radius 3 is 2.46 bits per heavy atom. The molecule has 1 heterocycles. The maximum atomic E-state index is 12.5. The number of carbonyl (C=O) groups is 1. The summed E-state index contributed by atoms with van der Waals surface area (Å²) in [7, 11) is 0. The first-order chi connectivity index (χ1) is 11.5. The van der Waals surface area contributed by atoms with E-state index >= 15 is 0 Å². The number of fused-ring (bicyclic) bond motifs is 1. The highest BCUT2D eigenvalue weighted by Crippen LogP contribution is 2.35. The van der Waals surface area contributed by atoms with Crippen molar-refractivity contribution in [1.82, 2.24) is 4.98 Å². The minimum absolute atomic E-state index is 0.0684. The fraction of sp³-hybridized carbons (Fsp3) is 0.238. The van der Waals surface area contributed by atoms with E-state index in [9.17, 15) is 4.79 Å². The molecule has 0 bridgehead atoms. The molecule has 2 aromatic carbocycles. The molecule has 0 amide bonds. The Morgan fingerprint density at radius 2 is 1.83 bits per heavy atom. The van der Waals surface area contributed by atoms with Gasteiger partial charge in [0.05, 0.1) is 11.2 Å². The van der Waals surface area contributed by atoms with Gasteiger partial charge in [-0.15, -0.1) is 0 Å². The number of halogens is 1. The van der Waals surface area contributed by atoms with Crippen molar-refractivity contribution in [1.29, 1.82) is 0 Å². The van der Waals surface area contributed by atoms with Crippen molar-refractivity contribution in [2.75, 3.05) is 0 Å². The number of ketones is 1. The molecule has 3 heteroatoms. The highest BCUT2D eigenvalue weighted by atomic mass is 79.9. The lowest BCUT2D eigenvalue weighted by molar-refractivity contribution is 0.101. The Morgan fingerprint density at radius 1 is 1.12 bits per heavy atom. The molecule has 24 heavy (non-hydrogen) atoms. The van der Waals surface area contributed by atoms with Crippen LogP contribution in [0.5, 0.6) is 0 Å². The number of carbonyl (C=O) groups excluding carboxylic acids is 1. The van der Waals surface area contributed by atoms with Crippen LogP contribution in [-0.2, 0) is 6.42 Å². The molecule has 0 aliphatic rings. The molecule has 3 aromatic rings. The lowest BCUT2D eigenvalue weighted by Gasteiger charge is -2.17. The van der Waals surface area contributed by atoms with Gasteiger partial charge in [0.15, 0.2) is 5.78 Å². The van der Waals surface area contributed by atoms with E-state index in [0.29, 0.717) is 5.92 Å². The zero-order valence-corrected chi connectivity index (χ0v) is 15.7. The maximum absolute atomic E-state index is 12.5. The minimum atomic E-state index is 0.0684. The topological polar surface area (TPSA) is 30.0 Å². The van der Waals surface area contributed by atoms with E-state index in [0.717, 1.165) is 44.2 Å². The molecule has 0 N–H and O–H groups in total. The second-order valence-electron chi connectivity index (χ2n) is 6.49. The zero-order valence-electron chi connectivity index (χ0n) is 14.1. The molecule has 0 spiro atoms. The number of nitrogens with zero attached hydrogens (tertiary/aromatic N) is 1. The normalized spacial score (nSPS) is 11.2. The van der Waals surface area contributed by atoms with Gasteiger partial charge in [0.1, 0.15) is 0 Å². The fourth-order valence-corrected chi connectivity index (χ4v) is 3.47. The summed E-state index contributed by atoms with van der Waals surface area (Å²) in [5, 5.41) is 1.01. The molecule has 0 radical (unpaired) electrons. The SMILES string of the molecule is CC(=O)c1c(CC(C)C)nc2ccc(Br)cc2c1-c1ccccc1. The van der Waals surface area contributed by atoms with E-state index in [4.69, 9.17) is 4.98 Å². The molecule has 0 atom stereocenters. The third kappa shape index (κ3) is 3.27. The first-order valence-electron chi connectivity index (χ1n) is 8.16. The van der Waals surface area contributed by atoms with Gasteiger partial charge in [0.25, 0.3) is 0 Å². The van der Waals surface area contributed by atoms with Crippen molar-refractivity contribution >= 4 is 32.6 Å². The fourth-order valence-electron chi connectivity index (χ4n) is 3.10. The van der Waals surface area contributed by atoms with Gasteiger partial charge in [0, 0.05) is 21.0 Å². The van der Waals surface area contributed by atoms with Crippen LogP contribution in [0.4, 0.5) is 0 Å². The Labute approximate surface area is 151 Å². The van der Waals surface area contributed by atoms with Gasteiger partial charge in [-0.25, -0.2) is 0 Å². The van der Waals surface area contributed by atoms with E-state index < -0.39 is 0 Å². The quantitative estimate of drug-likeness (QED) is 0.513. The number of benzene rings is 2. The first kappa shape index (κ1) is 16.8. The summed E-state index contributed by atoms with van der Waals surface area (Å²) >= 11 is 3.55. The molecule has 122 valence electrons. The molecule has 0 aliphatic heterocycles. The van der Waals surface area contributed by atoms with Crippen LogP contribution in [0.1, 0.15) is 36.8 Å². The Bertz CT molecular complexity index is 901. The van der Waals surface area contributed by atoms with Crippen molar-refractivity contribution in [3.05, 3.63) is 64.3 Å². The van der Waals surface area contributed by atoms with Crippen molar-refractivity contribution in [2.24, 2.45) is 5.92 Å². The van der Waals surface area contributed by atoms with Crippen molar-refractivity contribution in [2.45, 2.75) is 27.2 Å². The molecular weight excluding hydrogens is 362 g/mol. The second kappa shape index (κ2) is 6.86. The predicted molar refractivity (Wildman–Crippen MR) is 103 cm³/mol. The molecule has 3 rings (SSSR count). The minimum Gasteiger partial charge on any atom is -0.294 e. The summed E-state index contributed by atoms with van der Waals surface area (Å²) < 4.78 is 0.986. The molecular formula is C21H20BrNO. The summed E-state index contributed by atoms with van der Waals surface area (Å²) in [4.78, 5) is 17.3. The average Bonchev–Trinajstić information content (AvgIpc) is 2.54. The summed E-state index contributed by atoms with van der Waals surface area (Å²) in [5.74, 6) is 0.506. The molecule has 0 saturated heterocycles. The Balaban J connectivity index is 2.44. The van der Waals surface area contributed by atoms with Gasteiger partial charge >= 0.3 is 0 Å². The monoisotopic (exact) mass is 381 g/mol. The molecule has 0 aliphatic carbocycles. The highest BCUT2D eigenvalue weighted by molar-refractivity contribution is 9.10. The summed E-state index contributed by atoms with van der Waals surface area (Å²) in [6, 6.07) is 16.2. The van der Waals surface area contributed by atoms with Crippen LogP contribution >= 0.6 is 15.9 Å². The van der Waals surface area contributed by atoms with Gasteiger partial charge in [0.2, 0.25) is 0 Å². The zero-order chi connectivity index (χ0) is 17.3. The summed E-state index contributed by atoms with van der Waals surface area (Å²) in [6.45, 7) is 5.94. The van der Waals surface area contributed by atoms with Gasteiger partial charge < -0.3 is 0 Å². The Hall–Kier alpha value is -2.00. The smallest absolute Gasteiger partial charge is 0.162 e. The van der Waals surface area contributed by atoms with Gasteiger partial charge in [-0.2, -0.15) is 0 Å². The van der Waals surface area contributed by atoms with Crippen LogP contribution < -0.4 is 0 Å². The van der Waals surface area contributed by atoms with E-state index in [1.807, 2.05) is 30.3 Å². The molecule has 2 nitrogen and oxygen atoms in total. The van der Waals surface area contributed by atoms with Crippen molar-refractivity contribution in [3.8, 4) is 11.1 Å². The van der Waals surface area contributed by atoms with Crippen LogP contribution in [0.2, 0.25) is 0 Å². The van der Waals surface area contributed by atoms with E-state index in [2.05, 4.69) is 48.0 Å². The number of Topliss-reactive ketones (excluding diaryl/α,β-unsaturated/α-hetero) is 1. The molecule has 0 unspecified atom stereocenters. The Kier molecular flexibility index (Phi) is 4.81. The van der Waals surface area contributed by atoms with Crippen molar-refractivity contribution in [3.63, 3.8) is 0 Å². The van der Waals surface area contributed by atoms with Crippen LogP contribution in [0.3, 0.4) is 0 Å². The number of pyridine rings is 1. The molecule has 0 saturated carbocycles. The van der Waals surface area contributed by atoms with Gasteiger partial charge in [-0.3, -0.25) is 9.78 Å². The van der Waals surface area contributed by atoms with Gasteiger partial charge in [-0.05, 0) is 43.0 Å². The van der Waals surface area contributed by atoms with Gasteiger partial charge in [-0.1, -0.05) is 60.1 Å². The molecule has 1 aromatic heterocycles. The average molecular weight is 382 g/mol. The van der Waals surface area contributed by atoms with E-state index in [1.54, 1.807) is 6.92 Å². The molecule has 0 fully saturated rings. The second-order valence-corrected chi connectivity index (χ2v) is 7.41. The largest absolute Gasteiger partial charge is 0.294 e. The van der Waals surface area contributed by atoms with E-state index in [1.165, 1.54) is 0 Å². The number of hydrogen-bond acceptors (Lipinski definition) is 2. The maximum Gasteiger partial charge on any atom is 0.162 e. The van der Waals surface area contributed by atoms with E-state index in [-0.39, 0.29) is 5.78 Å². The van der Waals surface area contributed by atoms with Crippen LogP contribution in [0, 0.1) is 5.92 Å². The standard InChI is InChI=1S/C21H20BrNO/c1-13(2)11-19-20(14(3)24)21(15-7-5-4-6-8-15)17-12-16(22)9-10-18(17)23-19/h4-10,12-13H,11H2,1-3H3. The lowest BCUT2D eigenvalue weighted by atomic mass is 9.90. The number of rotatable bonds is 4. The summed E-state index contributed by atoms with van der Waals surface area (Å²) in [6.07, 6.45) is 0.792. The predicted octanol–water partition coefficient (Wildman–Crippen LogP) is 6.07. The third-order valence-electron chi connectivity index (χ3n) is 4.04. The van der Waals surface area contributed by atoms with Crippen LogP contribution in [0.15, 0.2) is 53.0 Å². The van der Waals surface area contributed by atoms with Crippen LogP contribution in [0.25, 0.3) is 22.0 Å². The summed E-state index contributed by atoms with van der Waals surface area (Å²) in [5.41, 5.74) is 4.62. The number of aromatic nitrogens is 1. The lowest BCUT2D eigenvalue weighted by Crippen LogP contribution is -2.09. The highest BCUT2D eigenvalue weighted by Gasteiger charge is 2.20. The van der Waals surface area contributed by atoms with Crippen molar-refractivity contribution < 1.29 is 4.79 Å². The third-order valence-corrected chi connectivity index (χ3v) is 4.53. The number of hydrogen-bond donors (Lipinski definition) is 0.